The van der Waals surface area contributed by atoms with Crippen LogP contribution in [-0.4, -0.2) is 40.3 Å². The third kappa shape index (κ3) is 9.73. The number of H-pyrrole nitrogens is 1. The number of para-hydroxylation sites is 1. The van der Waals surface area contributed by atoms with Crippen molar-refractivity contribution in [2.24, 2.45) is 5.92 Å². The highest BCUT2D eigenvalue weighted by atomic mass is 16.5. The molecule has 0 saturated heterocycles. The molecular formula is C38H40N4O3. The van der Waals surface area contributed by atoms with Crippen molar-refractivity contribution in [2.45, 2.75) is 44.9 Å². The molecule has 0 saturated carbocycles. The van der Waals surface area contributed by atoms with Crippen LogP contribution in [0.15, 0.2) is 109 Å². The maximum atomic E-state index is 11.9. The highest BCUT2D eigenvalue weighted by molar-refractivity contribution is 5.89. The van der Waals surface area contributed by atoms with E-state index in [0.29, 0.717) is 18.0 Å². The number of aryl methyl sites for hydroxylation is 2. The number of aromatic amines is 1. The van der Waals surface area contributed by atoms with Gasteiger partial charge in [-0.2, -0.15) is 0 Å². The van der Waals surface area contributed by atoms with E-state index in [1.54, 1.807) is 0 Å². The van der Waals surface area contributed by atoms with Gasteiger partial charge in [-0.1, -0.05) is 97.1 Å². The molecule has 0 radical (unpaired) electrons. The number of nitrogens with one attached hydrogen (secondary N) is 1. The Labute approximate surface area is 265 Å². The monoisotopic (exact) mass is 600 g/mol. The molecule has 7 nitrogen and oxygen atoms in total. The highest BCUT2D eigenvalue weighted by Crippen LogP contribution is 2.24. The molecule has 1 heterocycles. The zero-order chi connectivity index (χ0) is 31.1. The Morgan fingerprint density at radius 2 is 1.53 bits per heavy atom. The Kier molecular flexibility index (Phi) is 11.7. The van der Waals surface area contributed by atoms with Crippen molar-refractivity contribution in [2.75, 3.05) is 13.7 Å². The van der Waals surface area contributed by atoms with Gasteiger partial charge in [0.25, 0.3) is 0 Å². The van der Waals surface area contributed by atoms with Crippen LogP contribution in [0.5, 0.6) is 5.75 Å². The molecule has 0 fully saturated rings. The van der Waals surface area contributed by atoms with Crippen molar-refractivity contribution in [3.8, 4) is 17.1 Å². The SMILES string of the molecule is COC(=O)c1ccc(CC(C=Cc2ccccc2OCCCCCc2ccccc2)CCc2ccc(-c3nnn[nH]3)cc2)cc1. The van der Waals surface area contributed by atoms with E-state index in [9.17, 15) is 4.79 Å². The second-order valence-electron chi connectivity index (χ2n) is 11.2. The van der Waals surface area contributed by atoms with E-state index in [2.05, 4.69) is 93.4 Å². The van der Waals surface area contributed by atoms with Gasteiger partial charge in [0.1, 0.15) is 5.75 Å². The fourth-order valence-electron chi connectivity index (χ4n) is 5.35. The minimum atomic E-state index is -0.324. The number of hydrogen-bond donors (Lipinski definition) is 1. The maximum absolute atomic E-state index is 11.9. The summed E-state index contributed by atoms with van der Waals surface area (Å²) < 4.78 is 11.1. The predicted molar refractivity (Wildman–Crippen MR) is 178 cm³/mol. The number of allylic oxidation sites excluding steroid dienone is 1. The molecule has 5 rings (SSSR count). The number of benzene rings is 4. The Bertz CT molecular complexity index is 1620. The molecule has 7 heteroatoms. The van der Waals surface area contributed by atoms with Gasteiger partial charge in [-0.3, -0.25) is 0 Å². The molecule has 1 unspecified atom stereocenters. The second-order valence-corrected chi connectivity index (χ2v) is 11.2. The number of carbonyl (C=O) groups excluding carboxylic acids is 1. The number of ether oxygens (including phenoxy) is 2. The second kappa shape index (κ2) is 16.7. The highest BCUT2D eigenvalue weighted by Gasteiger charge is 2.11. The number of esters is 1. The van der Waals surface area contributed by atoms with Gasteiger partial charge in [0, 0.05) is 11.1 Å². The molecule has 1 aromatic heterocycles. The summed E-state index contributed by atoms with van der Waals surface area (Å²) >= 11 is 0. The molecule has 5 aromatic rings. The van der Waals surface area contributed by atoms with Crippen LogP contribution in [0.25, 0.3) is 17.5 Å². The third-order valence-electron chi connectivity index (χ3n) is 7.93. The minimum absolute atomic E-state index is 0.276. The van der Waals surface area contributed by atoms with Crippen LogP contribution in [0.3, 0.4) is 0 Å². The van der Waals surface area contributed by atoms with Gasteiger partial charge < -0.3 is 9.47 Å². The lowest BCUT2D eigenvalue weighted by molar-refractivity contribution is 0.0600. The predicted octanol–water partition coefficient (Wildman–Crippen LogP) is 7.95. The van der Waals surface area contributed by atoms with E-state index in [0.717, 1.165) is 61.8 Å². The lowest BCUT2D eigenvalue weighted by atomic mass is 9.91. The number of rotatable bonds is 16. The van der Waals surface area contributed by atoms with E-state index >= 15 is 0 Å². The summed E-state index contributed by atoms with van der Waals surface area (Å²) in [4.78, 5) is 11.9. The number of unbranched alkanes of at least 4 members (excludes halogenated alkanes) is 2. The molecule has 0 spiro atoms. The molecule has 1 atom stereocenters. The van der Waals surface area contributed by atoms with Crippen LogP contribution in [0, 0.1) is 5.92 Å². The summed E-state index contributed by atoms with van der Waals surface area (Å²) in [6.07, 6.45) is 11.7. The van der Waals surface area contributed by atoms with Gasteiger partial charge in [-0.05, 0) is 96.2 Å². The van der Waals surface area contributed by atoms with E-state index in [1.807, 2.05) is 42.5 Å². The first-order valence-corrected chi connectivity index (χ1v) is 15.6. The van der Waals surface area contributed by atoms with E-state index in [4.69, 9.17) is 9.47 Å². The number of carbonyl (C=O) groups is 1. The normalized spacial score (nSPS) is 11.8. The third-order valence-corrected chi connectivity index (χ3v) is 7.93. The Hall–Kier alpha value is -5.04. The minimum Gasteiger partial charge on any atom is -0.493 e. The fourth-order valence-corrected chi connectivity index (χ4v) is 5.35. The molecule has 1 N–H and O–H groups in total. The summed E-state index contributed by atoms with van der Waals surface area (Å²) in [5.41, 5.74) is 6.41. The summed E-state index contributed by atoms with van der Waals surface area (Å²) in [6, 6.07) is 35.0. The smallest absolute Gasteiger partial charge is 0.337 e. The molecule has 0 bridgehead atoms. The van der Waals surface area contributed by atoms with Crippen LogP contribution in [-0.2, 0) is 24.0 Å². The van der Waals surface area contributed by atoms with Crippen LogP contribution in [0.2, 0.25) is 0 Å². The van der Waals surface area contributed by atoms with Crippen LogP contribution in [0.4, 0.5) is 0 Å². The van der Waals surface area contributed by atoms with Gasteiger partial charge in [0.2, 0.25) is 0 Å². The van der Waals surface area contributed by atoms with Crippen LogP contribution >= 0.6 is 0 Å². The van der Waals surface area contributed by atoms with Gasteiger partial charge in [-0.25, -0.2) is 9.89 Å². The lowest BCUT2D eigenvalue weighted by Crippen LogP contribution is -2.05. The van der Waals surface area contributed by atoms with Crippen molar-refractivity contribution >= 4 is 12.0 Å². The van der Waals surface area contributed by atoms with E-state index < -0.39 is 0 Å². The van der Waals surface area contributed by atoms with Gasteiger partial charge in [-0.15, -0.1) is 5.10 Å². The first-order valence-electron chi connectivity index (χ1n) is 15.6. The first kappa shape index (κ1) is 31.4. The van der Waals surface area contributed by atoms with Crippen LogP contribution < -0.4 is 4.74 Å². The number of methoxy groups -OCH3 is 1. The number of hydrogen-bond acceptors (Lipinski definition) is 6. The lowest BCUT2D eigenvalue weighted by Gasteiger charge is -2.15. The summed E-state index contributed by atoms with van der Waals surface area (Å²) in [5.74, 6) is 1.52. The average Bonchev–Trinajstić information content (AvgIpc) is 3.64. The van der Waals surface area contributed by atoms with Crippen molar-refractivity contribution in [3.63, 3.8) is 0 Å². The Balaban J connectivity index is 1.21. The van der Waals surface area contributed by atoms with Gasteiger partial charge >= 0.3 is 5.97 Å². The van der Waals surface area contributed by atoms with Gasteiger partial charge in [0.15, 0.2) is 5.82 Å². The van der Waals surface area contributed by atoms with Crippen LogP contribution in [0.1, 0.15) is 58.3 Å². The zero-order valence-corrected chi connectivity index (χ0v) is 25.8. The number of nitrogens with zero attached hydrogens (tertiary/aromatic N) is 3. The summed E-state index contributed by atoms with van der Waals surface area (Å²) in [7, 11) is 1.40. The molecule has 45 heavy (non-hydrogen) atoms. The maximum Gasteiger partial charge on any atom is 0.337 e. The number of tetrazole rings is 1. The average molecular weight is 601 g/mol. The number of aromatic nitrogens is 4. The first-order chi connectivity index (χ1) is 22.2. The van der Waals surface area contributed by atoms with Crippen molar-refractivity contribution < 1.29 is 14.3 Å². The van der Waals surface area contributed by atoms with Crippen molar-refractivity contribution in [3.05, 3.63) is 137 Å². The van der Waals surface area contributed by atoms with Crippen molar-refractivity contribution in [1.82, 2.24) is 20.6 Å². The molecule has 230 valence electrons. The molecule has 0 amide bonds. The molecule has 4 aromatic carbocycles. The summed E-state index contributed by atoms with van der Waals surface area (Å²) in [5, 5.41) is 14.1. The van der Waals surface area contributed by atoms with Gasteiger partial charge in [0.05, 0.1) is 19.3 Å². The summed E-state index contributed by atoms with van der Waals surface area (Å²) in [6.45, 7) is 0.704. The topological polar surface area (TPSA) is 90.0 Å². The van der Waals surface area contributed by atoms with E-state index in [-0.39, 0.29) is 11.9 Å². The molecular weight excluding hydrogens is 560 g/mol. The molecule has 0 aliphatic carbocycles. The van der Waals surface area contributed by atoms with Crippen molar-refractivity contribution in [1.29, 1.82) is 0 Å². The Morgan fingerprint density at radius 1 is 0.800 bits per heavy atom. The fraction of sp³-hybridized carbons (Fsp3) is 0.263. The molecule has 0 aliphatic rings. The Morgan fingerprint density at radius 3 is 2.29 bits per heavy atom. The van der Waals surface area contributed by atoms with E-state index in [1.165, 1.54) is 23.8 Å². The zero-order valence-electron chi connectivity index (χ0n) is 25.8. The largest absolute Gasteiger partial charge is 0.493 e. The quantitative estimate of drug-likeness (QED) is 0.0913. The standard InChI is InChI=1S/C38H40N4O3/c1-44-38(43)35-25-20-32(21-26-35)28-31(16-15-30-17-23-34(24-18-30)37-39-41-42-40-37)19-22-33-13-7-8-14-36(33)45-27-9-3-6-12-29-10-4-2-5-11-29/h2,4-5,7-8,10-11,13-14,17-26,31H,3,6,9,12,15-16,27-28H2,1H3,(H,39,40,41,42). The molecule has 0 aliphatic heterocycles.